The highest BCUT2D eigenvalue weighted by Gasteiger charge is 2.24. The molecular formula is C59H111NO5. The molecule has 0 aliphatic carbocycles. The van der Waals surface area contributed by atoms with Crippen molar-refractivity contribution in [1.82, 2.24) is 5.32 Å². The van der Waals surface area contributed by atoms with Crippen LogP contribution in [-0.2, 0) is 14.3 Å². The van der Waals surface area contributed by atoms with Crippen molar-refractivity contribution in [3.8, 4) is 0 Å². The molecule has 0 fully saturated rings. The van der Waals surface area contributed by atoms with Crippen LogP contribution in [0.3, 0.4) is 0 Å². The number of hydrogen-bond donors (Lipinski definition) is 3. The summed E-state index contributed by atoms with van der Waals surface area (Å²) in [6.07, 6.45) is 63.5. The van der Waals surface area contributed by atoms with E-state index in [1.54, 1.807) is 0 Å². The van der Waals surface area contributed by atoms with E-state index in [1.807, 2.05) is 0 Å². The fraction of sp³-hybridized carbons (Fsp3) is 0.864. The zero-order valence-electron chi connectivity index (χ0n) is 43.6. The van der Waals surface area contributed by atoms with Crippen molar-refractivity contribution in [2.45, 2.75) is 322 Å². The minimum atomic E-state index is -0.787. The molecular weight excluding hydrogens is 803 g/mol. The van der Waals surface area contributed by atoms with Gasteiger partial charge in [-0.3, -0.25) is 9.59 Å². The fourth-order valence-electron chi connectivity index (χ4n) is 8.85. The maximum Gasteiger partial charge on any atom is 0.306 e. The fourth-order valence-corrected chi connectivity index (χ4v) is 8.85. The van der Waals surface area contributed by atoms with Crippen LogP contribution >= 0.6 is 0 Å². The van der Waals surface area contributed by atoms with Gasteiger partial charge in [0.2, 0.25) is 5.91 Å². The SMILES string of the molecule is CCCCC/C=C\C/C=C\C/C=C\CCCCCCCCC(=O)OC(CCCCCCCCCCCCCCC)CC(=O)NC(CO)C(O)CCCCCCCCCCCCCCCC. The highest BCUT2D eigenvalue weighted by Crippen LogP contribution is 2.19. The molecule has 3 unspecified atom stereocenters. The molecule has 0 radical (unpaired) electrons. The summed E-state index contributed by atoms with van der Waals surface area (Å²) in [5.41, 5.74) is 0. The average molecular weight is 915 g/mol. The Morgan fingerprint density at radius 3 is 1.22 bits per heavy atom. The number of aliphatic hydroxyl groups is 2. The van der Waals surface area contributed by atoms with Crippen LogP contribution in [0, 0.1) is 0 Å². The van der Waals surface area contributed by atoms with Gasteiger partial charge in [0.1, 0.15) is 6.10 Å². The molecule has 3 N–H and O–H groups in total. The Morgan fingerprint density at radius 2 is 0.785 bits per heavy atom. The van der Waals surface area contributed by atoms with Crippen LogP contribution in [0.2, 0.25) is 0 Å². The van der Waals surface area contributed by atoms with E-state index >= 15 is 0 Å². The van der Waals surface area contributed by atoms with Crippen molar-refractivity contribution in [3.05, 3.63) is 36.5 Å². The Labute approximate surface area is 404 Å². The molecule has 0 rings (SSSR count). The van der Waals surface area contributed by atoms with E-state index in [-0.39, 0.29) is 24.9 Å². The van der Waals surface area contributed by atoms with Crippen LogP contribution in [-0.4, -0.2) is 46.9 Å². The van der Waals surface area contributed by atoms with E-state index < -0.39 is 18.2 Å². The van der Waals surface area contributed by atoms with E-state index in [0.29, 0.717) is 19.3 Å². The van der Waals surface area contributed by atoms with Gasteiger partial charge in [-0.25, -0.2) is 0 Å². The molecule has 0 aromatic rings. The Kier molecular flexibility index (Phi) is 51.5. The highest BCUT2D eigenvalue weighted by atomic mass is 16.5. The Bertz CT molecular complexity index is 1070. The molecule has 0 aromatic heterocycles. The molecule has 0 aromatic carbocycles. The Balaban J connectivity index is 4.52. The van der Waals surface area contributed by atoms with Gasteiger partial charge < -0.3 is 20.3 Å². The standard InChI is InChI=1S/C59H111NO5/c1-4-7-10-13-16-19-22-25-27-28-29-30-31-34-37-40-43-46-49-52-59(64)65-55(50-47-44-41-38-35-32-24-21-18-15-12-9-6-3)53-58(63)60-56(54-61)57(62)51-48-45-42-39-36-33-26-23-20-17-14-11-8-5-2/h16,19,25,27,29-30,55-57,61-62H,4-15,17-18,20-24,26,28,31-54H2,1-3H3,(H,60,63)/b19-16-,27-25-,30-29-. The molecule has 65 heavy (non-hydrogen) atoms. The summed E-state index contributed by atoms with van der Waals surface area (Å²) < 4.78 is 5.96. The molecule has 0 saturated heterocycles. The van der Waals surface area contributed by atoms with Gasteiger partial charge in [0.25, 0.3) is 0 Å². The lowest BCUT2D eigenvalue weighted by atomic mass is 10.0. The van der Waals surface area contributed by atoms with E-state index in [4.69, 9.17) is 4.74 Å². The van der Waals surface area contributed by atoms with Crippen LogP contribution in [0.15, 0.2) is 36.5 Å². The molecule has 0 bridgehead atoms. The van der Waals surface area contributed by atoms with Crippen LogP contribution in [0.5, 0.6) is 0 Å². The first kappa shape index (κ1) is 63.1. The van der Waals surface area contributed by atoms with Gasteiger partial charge in [-0.05, 0) is 64.2 Å². The molecule has 3 atom stereocenters. The highest BCUT2D eigenvalue weighted by molar-refractivity contribution is 5.77. The number of nitrogens with one attached hydrogen (secondary N) is 1. The lowest BCUT2D eigenvalue weighted by Crippen LogP contribution is -2.46. The number of hydrogen-bond acceptors (Lipinski definition) is 5. The zero-order valence-corrected chi connectivity index (χ0v) is 43.6. The molecule has 0 heterocycles. The van der Waals surface area contributed by atoms with Gasteiger partial charge in [0, 0.05) is 6.42 Å². The molecule has 0 aliphatic rings. The number of amides is 1. The molecule has 0 saturated carbocycles. The van der Waals surface area contributed by atoms with Crippen molar-refractivity contribution in [2.24, 2.45) is 0 Å². The monoisotopic (exact) mass is 914 g/mol. The lowest BCUT2D eigenvalue weighted by Gasteiger charge is -2.24. The number of esters is 1. The maximum atomic E-state index is 13.3. The molecule has 0 aliphatic heterocycles. The molecule has 6 nitrogen and oxygen atoms in total. The first-order valence-corrected chi connectivity index (χ1v) is 28.7. The number of allylic oxidation sites excluding steroid dienone is 6. The van der Waals surface area contributed by atoms with E-state index in [2.05, 4.69) is 62.5 Å². The smallest absolute Gasteiger partial charge is 0.306 e. The predicted octanol–water partition coefficient (Wildman–Crippen LogP) is 17.6. The maximum absolute atomic E-state index is 13.3. The molecule has 382 valence electrons. The third kappa shape index (κ3) is 48.3. The summed E-state index contributed by atoms with van der Waals surface area (Å²) in [4.78, 5) is 26.3. The van der Waals surface area contributed by atoms with E-state index in [9.17, 15) is 19.8 Å². The van der Waals surface area contributed by atoms with Crippen molar-refractivity contribution in [1.29, 1.82) is 0 Å². The van der Waals surface area contributed by atoms with Crippen LogP contribution in [0.4, 0.5) is 0 Å². The molecule has 1 amide bonds. The van der Waals surface area contributed by atoms with Gasteiger partial charge in [-0.1, -0.05) is 263 Å². The second-order valence-electron chi connectivity index (χ2n) is 19.7. The number of ether oxygens (including phenoxy) is 1. The second kappa shape index (κ2) is 53.0. The molecule has 0 spiro atoms. The number of aliphatic hydroxyl groups excluding tert-OH is 2. The number of rotatable bonds is 52. The summed E-state index contributed by atoms with van der Waals surface area (Å²) in [5.74, 6) is -0.472. The normalized spacial score (nSPS) is 13.4. The van der Waals surface area contributed by atoms with Gasteiger partial charge in [-0.15, -0.1) is 0 Å². The average Bonchev–Trinajstić information content (AvgIpc) is 3.30. The zero-order chi connectivity index (χ0) is 47.4. The quantitative estimate of drug-likeness (QED) is 0.0321. The topological polar surface area (TPSA) is 95.9 Å². The largest absolute Gasteiger partial charge is 0.462 e. The van der Waals surface area contributed by atoms with Gasteiger partial charge in [-0.2, -0.15) is 0 Å². The van der Waals surface area contributed by atoms with Gasteiger partial charge in [0.05, 0.1) is 25.2 Å². The van der Waals surface area contributed by atoms with Crippen molar-refractivity contribution >= 4 is 11.9 Å². The first-order valence-electron chi connectivity index (χ1n) is 28.7. The van der Waals surface area contributed by atoms with Crippen LogP contribution < -0.4 is 5.32 Å². The van der Waals surface area contributed by atoms with Crippen molar-refractivity contribution in [2.75, 3.05) is 6.61 Å². The minimum Gasteiger partial charge on any atom is -0.462 e. The Hall–Kier alpha value is -1.92. The summed E-state index contributed by atoms with van der Waals surface area (Å²) >= 11 is 0. The summed E-state index contributed by atoms with van der Waals surface area (Å²) in [6.45, 7) is 6.48. The molecule has 6 heteroatoms. The van der Waals surface area contributed by atoms with Crippen LogP contribution in [0.25, 0.3) is 0 Å². The minimum absolute atomic E-state index is 0.0767. The third-order valence-corrected chi connectivity index (χ3v) is 13.2. The van der Waals surface area contributed by atoms with E-state index in [1.165, 1.54) is 193 Å². The second-order valence-corrected chi connectivity index (χ2v) is 19.7. The first-order chi connectivity index (χ1) is 32.0. The van der Waals surface area contributed by atoms with Crippen molar-refractivity contribution in [3.63, 3.8) is 0 Å². The van der Waals surface area contributed by atoms with Crippen molar-refractivity contribution < 1.29 is 24.5 Å². The van der Waals surface area contributed by atoms with Gasteiger partial charge >= 0.3 is 5.97 Å². The number of carbonyl (C=O) groups excluding carboxylic acids is 2. The predicted molar refractivity (Wildman–Crippen MR) is 282 cm³/mol. The number of unbranched alkanes of at least 4 members (excludes halogenated alkanes) is 34. The van der Waals surface area contributed by atoms with Gasteiger partial charge in [0.15, 0.2) is 0 Å². The van der Waals surface area contributed by atoms with Crippen LogP contribution in [0.1, 0.15) is 303 Å². The Morgan fingerprint density at radius 1 is 0.446 bits per heavy atom. The lowest BCUT2D eigenvalue weighted by molar-refractivity contribution is -0.151. The number of carbonyl (C=O) groups is 2. The summed E-state index contributed by atoms with van der Waals surface area (Å²) in [6, 6.07) is -0.701. The third-order valence-electron chi connectivity index (χ3n) is 13.2. The summed E-state index contributed by atoms with van der Waals surface area (Å²) in [5, 5.41) is 23.9. The van der Waals surface area contributed by atoms with E-state index in [0.717, 1.165) is 64.2 Å². The summed E-state index contributed by atoms with van der Waals surface area (Å²) in [7, 11) is 0.